The molecule has 1 atom stereocenters. The third kappa shape index (κ3) is 4.19. The van der Waals surface area contributed by atoms with Gasteiger partial charge in [-0.3, -0.25) is 14.5 Å². The first-order chi connectivity index (χ1) is 16.0. The van der Waals surface area contributed by atoms with Crippen LogP contribution < -0.4 is 14.4 Å². The van der Waals surface area contributed by atoms with E-state index in [2.05, 4.69) is 0 Å². The molecule has 3 aromatic rings. The highest BCUT2D eigenvalue weighted by Crippen LogP contribution is 2.44. The van der Waals surface area contributed by atoms with Crippen LogP contribution in [0.1, 0.15) is 30.7 Å². The Morgan fingerprint density at radius 3 is 2.67 bits per heavy atom. The van der Waals surface area contributed by atoms with Gasteiger partial charge in [-0.15, -0.1) is 0 Å². The van der Waals surface area contributed by atoms with E-state index in [4.69, 9.17) is 25.5 Å². The van der Waals surface area contributed by atoms with E-state index in [1.165, 1.54) is 24.3 Å². The van der Waals surface area contributed by atoms with E-state index in [1.807, 2.05) is 6.92 Å². The second-order valence-electron chi connectivity index (χ2n) is 7.37. The molecule has 7 nitrogen and oxygen atoms in total. The SMILES string of the molecule is CCCOc1cccc(N2C(=O)C(=O)/C(=C(\O)c3cc(Cl)ccc3OC)C2c2ccco2)c1. The van der Waals surface area contributed by atoms with Gasteiger partial charge in [0.2, 0.25) is 0 Å². The van der Waals surface area contributed by atoms with Crippen molar-refractivity contribution in [2.75, 3.05) is 18.6 Å². The summed E-state index contributed by atoms with van der Waals surface area (Å²) in [6.07, 6.45) is 2.26. The van der Waals surface area contributed by atoms with E-state index in [0.717, 1.165) is 6.42 Å². The van der Waals surface area contributed by atoms with Crippen LogP contribution >= 0.6 is 11.6 Å². The number of benzene rings is 2. The Hall–Kier alpha value is -3.71. The lowest BCUT2D eigenvalue weighted by atomic mass is 9.98. The van der Waals surface area contributed by atoms with E-state index in [-0.39, 0.29) is 11.1 Å². The van der Waals surface area contributed by atoms with Crippen LogP contribution in [0.4, 0.5) is 5.69 Å². The molecule has 0 bridgehead atoms. The Morgan fingerprint density at radius 1 is 1.15 bits per heavy atom. The van der Waals surface area contributed by atoms with Crippen molar-refractivity contribution in [1.29, 1.82) is 0 Å². The molecular formula is C25H22ClNO6. The van der Waals surface area contributed by atoms with Crippen molar-refractivity contribution in [3.8, 4) is 11.5 Å². The largest absolute Gasteiger partial charge is 0.507 e. The molecule has 1 N–H and O–H groups in total. The number of methoxy groups -OCH3 is 1. The Labute approximate surface area is 195 Å². The summed E-state index contributed by atoms with van der Waals surface area (Å²) >= 11 is 6.13. The number of amides is 1. The normalized spacial score (nSPS) is 17.4. The molecule has 1 unspecified atom stereocenters. The van der Waals surface area contributed by atoms with Gasteiger partial charge in [0.15, 0.2) is 0 Å². The minimum Gasteiger partial charge on any atom is -0.507 e. The van der Waals surface area contributed by atoms with Crippen LogP contribution in [-0.4, -0.2) is 30.5 Å². The van der Waals surface area contributed by atoms with Gasteiger partial charge in [-0.05, 0) is 48.9 Å². The van der Waals surface area contributed by atoms with E-state index in [1.54, 1.807) is 48.5 Å². The fourth-order valence-electron chi connectivity index (χ4n) is 3.77. The summed E-state index contributed by atoms with van der Waals surface area (Å²) in [7, 11) is 1.43. The number of ketones is 1. The number of hydrogen-bond acceptors (Lipinski definition) is 6. The predicted octanol–water partition coefficient (Wildman–Crippen LogP) is 5.36. The van der Waals surface area contributed by atoms with Gasteiger partial charge < -0.3 is 19.0 Å². The zero-order valence-electron chi connectivity index (χ0n) is 18.1. The Balaban J connectivity index is 1.89. The predicted molar refractivity (Wildman–Crippen MR) is 124 cm³/mol. The molecule has 0 saturated carbocycles. The average molecular weight is 468 g/mol. The number of halogens is 1. The van der Waals surface area contributed by atoms with E-state index in [0.29, 0.717) is 34.6 Å². The number of anilines is 1. The zero-order valence-corrected chi connectivity index (χ0v) is 18.8. The Bertz CT molecular complexity index is 1220. The molecule has 0 aliphatic carbocycles. The summed E-state index contributed by atoms with van der Waals surface area (Å²) in [5, 5.41) is 11.6. The molecule has 0 spiro atoms. The highest BCUT2D eigenvalue weighted by atomic mass is 35.5. The first kappa shape index (κ1) is 22.5. The molecule has 2 heterocycles. The standard InChI is InChI=1S/C25H22ClNO6/c1-3-11-32-17-7-4-6-16(14-17)27-22(20-8-5-12-33-20)21(24(29)25(27)30)23(28)18-13-15(26)9-10-19(18)31-2/h4-10,12-14,22,28H,3,11H2,1-2H3/b23-21-. The van der Waals surface area contributed by atoms with Crippen molar-refractivity contribution in [2.24, 2.45) is 0 Å². The number of Topliss-reactive ketones (excluding diaryl/α,β-unsaturated/α-hetero) is 1. The number of nitrogens with zero attached hydrogens (tertiary/aromatic N) is 1. The highest BCUT2D eigenvalue weighted by molar-refractivity contribution is 6.51. The second-order valence-corrected chi connectivity index (χ2v) is 7.81. The molecule has 2 aromatic carbocycles. The van der Waals surface area contributed by atoms with E-state index in [9.17, 15) is 14.7 Å². The van der Waals surface area contributed by atoms with Gasteiger partial charge in [0.25, 0.3) is 11.7 Å². The molecule has 1 fully saturated rings. The lowest BCUT2D eigenvalue weighted by Crippen LogP contribution is -2.29. The summed E-state index contributed by atoms with van der Waals surface area (Å²) in [4.78, 5) is 27.7. The van der Waals surface area contributed by atoms with Crippen LogP contribution in [0, 0.1) is 0 Å². The Morgan fingerprint density at radius 2 is 1.97 bits per heavy atom. The maximum absolute atomic E-state index is 13.2. The molecule has 1 amide bonds. The van der Waals surface area contributed by atoms with Crippen LogP contribution in [0.25, 0.3) is 5.76 Å². The topological polar surface area (TPSA) is 89.2 Å². The highest BCUT2D eigenvalue weighted by Gasteiger charge is 2.48. The maximum Gasteiger partial charge on any atom is 0.300 e. The maximum atomic E-state index is 13.2. The van der Waals surface area contributed by atoms with Crippen LogP contribution in [0.3, 0.4) is 0 Å². The van der Waals surface area contributed by atoms with Gasteiger partial charge in [0, 0.05) is 16.8 Å². The molecule has 1 saturated heterocycles. The van der Waals surface area contributed by atoms with E-state index >= 15 is 0 Å². The molecule has 1 aromatic heterocycles. The second kappa shape index (κ2) is 9.42. The van der Waals surface area contributed by atoms with Crippen molar-refractivity contribution in [2.45, 2.75) is 19.4 Å². The molecule has 170 valence electrons. The molecule has 33 heavy (non-hydrogen) atoms. The van der Waals surface area contributed by atoms with Crippen molar-refractivity contribution in [3.05, 3.63) is 82.8 Å². The van der Waals surface area contributed by atoms with Gasteiger partial charge in [-0.2, -0.15) is 0 Å². The summed E-state index contributed by atoms with van der Waals surface area (Å²) in [6, 6.07) is 13.8. The van der Waals surface area contributed by atoms with Crippen molar-refractivity contribution in [3.63, 3.8) is 0 Å². The third-order valence-electron chi connectivity index (χ3n) is 5.24. The number of aliphatic hydroxyl groups excluding tert-OH is 1. The fourth-order valence-corrected chi connectivity index (χ4v) is 3.94. The van der Waals surface area contributed by atoms with Crippen molar-refractivity contribution in [1.82, 2.24) is 0 Å². The van der Waals surface area contributed by atoms with Gasteiger partial charge >= 0.3 is 0 Å². The molecular weight excluding hydrogens is 446 g/mol. The number of furan rings is 1. The molecule has 1 aliphatic heterocycles. The van der Waals surface area contributed by atoms with Crippen LogP contribution in [0.5, 0.6) is 11.5 Å². The smallest absolute Gasteiger partial charge is 0.300 e. The Kier molecular flexibility index (Phi) is 6.42. The van der Waals surface area contributed by atoms with E-state index < -0.39 is 23.5 Å². The third-order valence-corrected chi connectivity index (χ3v) is 5.48. The first-order valence-electron chi connectivity index (χ1n) is 10.4. The van der Waals surface area contributed by atoms with Crippen LogP contribution in [-0.2, 0) is 9.59 Å². The zero-order chi connectivity index (χ0) is 23.5. The van der Waals surface area contributed by atoms with Crippen LogP contribution in [0.15, 0.2) is 70.9 Å². The summed E-state index contributed by atoms with van der Waals surface area (Å²) < 4.78 is 16.6. The van der Waals surface area contributed by atoms with Gasteiger partial charge in [0.05, 0.1) is 31.1 Å². The number of hydrogen-bond donors (Lipinski definition) is 1. The van der Waals surface area contributed by atoms with Crippen molar-refractivity contribution >= 4 is 34.7 Å². The van der Waals surface area contributed by atoms with Crippen LogP contribution in [0.2, 0.25) is 5.02 Å². The van der Waals surface area contributed by atoms with Gasteiger partial charge in [-0.25, -0.2) is 0 Å². The number of rotatable bonds is 7. The summed E-state index contributed by atoms with van der Waals surface area (Å²) in [5.74, 6) is -0.879. The summed E-state index contributed by atoms with van der Waals surface area (Å²) in [5.41, 5.74) is 0.499. The average Bonchev–Trinajstić information content (AvgIpc) is 3.44. The molecule has 4 rings (SSSR count). The lowest BCUT2D eigenvalue weighted by molar-refractivity contribution is -0.132. The van der Waals surface area contributed by atoms with Crippen molar-refractivity contribution < 1.29 is 28.6 Å². The number of carbonyl (C=O) groups excluding carboxylic acids is 2. The van der Waals surface area contributed by atoms with Gasteiger partial charge in [-0.1, -0.05) is 24.6 Å². The summed E-state index contributed by atoms with van der Waals surface area (Å²) in [6.45, 7) is 2.50. The minimum atomic E-state index is -0.995. The minimum absolute atomic E-state index is 0.129. The fraction of sp³-hybridized carbons (Fsp3) is 0.200. The first-order valence-corrected chi connectivity index (χ1v) is 10.7. The number of aliphatic hydroxyl groups is 1. The number of ether oxygens (including phenoxy) is 2. The molecule has 8 heteroatoms. The monoisotopic (exact) mass is 467 g/mol. The van der Waals surface area contributed by atoms with Gasteiger partial charge in [0.1, 0.15) is 29.1 Å². The molecule has 1 aliphatic rings. The lowest BCUT2D eigenvalue weighted by Gasteiger charge is -2.24. The number of carbonyl (C=O) groups is 2. The quantitative estimate of drug-likeness (QED) is 0.286. The molecule has 0 radical (unpaired) electrons.